The second-order valence-corrected chi connectivity index (χ2v) is 5.16. The molecule has 0 bridgehead atoms. The number of amides is 1. The van der Waals surface area contributed by atoms with Gasteiger partial charge >= 0.3 is 5.97 Å². The maximum Gasteiger partial charge on any atom is 0.306 e. The average Bonchev–Trinajstić information content (AvgIpc) is 2.20. The predicted molar refractivity (Wildman–Crippen MR) is 66.9 cm³/mol. The lowest BCUT2D eigenvalue weighted by molar-refractivity contribution is -0.142. The van der Waals surface area contributed by atoms with Gasteiger partial charge in [0.05, 0.1) is 18.1 Å². The Kier molecular flexibility index (Phi) is 7.17. The van der Waals surface area contributed by atoms with Gasteiger partial charge in [-0.3, -0.25) is 9.59 Å². The van der Waals surface area contributed by atoms with Crippen LogP contribution in [0.5, 0.6) is 0 Å². The Morgan fingerprint density at radius 2 is 2.12 bits per heavy atom. The van der Waals surface area contributed by atoms with Gasteiger partial charge in [0.15, 0.2) is 0 Å². The first-order chi connectivity index (χ1) is 7.78. The molecule has 7 heteroatoms. The van der Waals surface area contributed by atoms with E-state index in [2.05, 4.69) is 5.32 Å². The van der Waals surface area contributed by atoms with Crippen LogP contribution < -0.4 is 11.1 Å². The maximum absolute atomic E-state index is 11.5. The zero-order valence-electron chi connectivity index (χ0n) is 10.1. The Balaban J connectivity index is 4.01. The Labute approximate surface area is 105 Å². The van der Waals surface area contributed by atoms with Crippen molar-refractivity contribution in [1.82, 2.24) is 5.32 Å². The van der Waals surface area contributed by atoms with Crippen molar-refractivity contribution in [3.63, 3.8) is 0 Å². The van der Waals surface area contributed by atoms with E-state index in [-0.39, 0.29) is 12.5 Å². The summed E-state index contributed by atoms with van der Waals surface area (Å²) >= 11 is 1.59. The van der Waals surface area contributed by atoms with Gasteiger partial charge in [-0.1, -0.05) is 0 Å². The highest BCUT2D eigenvalue weighted by Gasteiger charge is 2.25. The number of carbonyl (C=O) groups excluding carboxylic acids is 1. The van der Waals surface area contributed by atoms with E-state index in [9.17, 15) is 14.7 Å². The molecule has 17 heavy (non-hydrogen) atoms. The molecule has 1 unspecified atom stereocenters. The summed E-state index contributed by atoms with van der Waals surface area (Å²) in [5, 5.41) is 20.6. The summed E-state index contributed by atoms with van der Waals surface area (Å²) in [6, 6.07) is -0.622. The quantitative estimate of drug-likeness (QED) is 0.466. The summed E-state index contributed by atoms with van der Waals surface area (Å²) in [4.78, 5) is 21.9. The van der Waals surface area contributed by atoms with Crippen LogP contribution in [0.3, 0.4) is 0 Å². The third-order valence-corrected chi connectivity index (χ3v) is 2.79. The molecule has 2 atom stereocenters. The molecular formula is C10H20N2O4S. The Bertz CT molecular complexity index is 271. The third-order valence-electron chi connectivity index (χ3n) is 2.15. The van der Waals surface area contributed by atoms with Crippen molar-refractivity contribution in [2.75, 3.05) is 18.6 Å². The van der Waals surface area contributed by atoms with E-state index in [1.807, 2.05) is 6.26 Å². The molecule has 1 amide bonds. The van der Waals surface area contributed by atoms with Crippen LogP contribution in [-0.4, -0.2) is 52.3 Å². The van der Waals surface area contributed by atoms with Gasteiger partial charge in [-0.05, 0) is 25.4 Å². The van der Waals surface area contributed by atoms with Gasteiger partial charge in [-0.15, -0.1) is 0 Å². The molecule has 0 saturated carbocycles. The Hall–Kier alpha value is -0.790. The highest BCUT2D eigenvalue weighted by atomic mass is 32.2. The number of aliphatic hydroxyl groups is 1. The number of carbonyl (C=O) groups is 2. The lowest BCUT2D eigenvalue weighted by Gasteiger charge is -2.22. The summed E-state index contributed by atoms with van der Waals surface area (Å²) in [6.07, 6.45) is 2.05. The summed E-state index contributed by atoms with van der Waals surface area (Å²) < 4.78 is 0. The summed E-state index contributed by atoms with van der Waals surface area (Å²) in [7, 11) is 0. The largest absolute Gasteiger partial charge is 0.481 e. The van der Waals surface area contributed by atoms with Crippen LogP contribution in [0.2, 0.25) is 0 Å². The highest BCUT2D eigenvalue weighted by Crippen LogP contribution is 2.07. The smallest absolute Gasteiger partial charge is 0.306 e. The average molecular weight is 264 g/mol. The van der Waals surface area contributed by atoms with E-state index in [4.69, 9.17) is 10.8 Å². The highest BCUT2D eigenvalue weighted by molar-refractivity contribution is 7.98. The molecular weight excluding hydrogens is 244 g/mol. The molecule has 0 radical (unpaired) electrons. The van der Waals surface area contributed by atoms with Crippen molar-refractivity contribution in [3.8, 4) is 0 Å². The second kappa shape index (κ2) is 7.52. The van der Waals surface area contributed by atoms with E-state index in [0.29, 0.717) is 6.42 Å². The lowest BCUT2D eigenvalue weighted by Crippen LogP contribution is -2.47. The molecule has 0 aliphatic rings. The van der Waals surface area contributed by atoms with E-state index in [1.54, 1.807) is 11.8 Å². The molecule has 5 N–H and O–H groups in total. The molecule has 0 aliphatic carbocycles. The summed E-state index contributed by atoms with van der Waals surface area (Å²) in [5.41, 5.74) is 4.15. The number of nitrogens with two attached hydrogens (primary N) is 1. The first kappa shape index (κ1) is 16.2. The number of carboxylic acids is 1. The number of nitrogens with one attached hydrogen (secondary N) is 1. The fourth-order valence-electron chi connectivity index (χ4n) is 1.17. The monoisotopic (exact) mass is 264 g/mol. The maximum atomic E-state index is 11.5. The first-order valence-corrected chi connectivity index (χ1v) is 6.64. The van der Waals surface area contributed by atoms with Crippen LogP contribution in [0.15, 0.2) is 0 Å². The normalized spacial score (nSPS) is 16.0. The molecule has 0 heterocycles. The molecule has 0 aromatic rings. The van der Waals surface area contributed by atoms with E-state index in [1.165, 1.54) is 6.92 Å². The van der Waals surface area contributed by atoms with Crippen molar-refractivity contribution in [1.29, 1.82) is 0 Å². The summed E-state index contributed by atoms with van der Waals surface area (Å²) in [5.74, 6) is -0.708. The van der Waals surface area contributed by atoms with Crippen LogP contribution in [0.25, 0.3) is 0 Å². The third kappa shape index (κ3) is 8.00. The van der Waals surface area contributed by atoms with Gasteiger partial charge in [0, 0.05) is 6.54 Å². The molecule has 0 aromatic carbocycles. The fraction of sp³-hybridized carbons (Fsp3) is 0.800. The van der Waals surface area contributed by atoms with Crippen molar-refractivity contribution < 1.29 is 19.8 Å². The van der Waals surface area contributed by atoms with Crippen LogP contribution in [0, 0.1) is 0 Å². The molecule has 0 aliphatic heterocycles. The van der Waals surface area contributed by atoms with Crippen molar-refractivity contribution in [3.05, 3.63) is 0 Å². The number of hydrogen-bond donors (Lipinski definition) is 4. The van der Waals surface area contributed by atoms with Crippen molar-refractivity contribution >= 4 is 23.6 Å². The molecule has 0 aromatic heterocycles. The SMILES string of the molecule is CSCC[C@@H](N)C(=O)NCC(C)(O)CC(=O)O. The Morgan fingerprint density at radius 3 is 2.59 bits per heavy atom. The number of aliphatic carboxylic acids is 1. The fourth-order valence-corrected chi connectivity index (χ4v) is 1.66. The minimum Gasteiger partial charge on any atom is -0.481 e. The number of rotatable bonds is 8. The van der Waals surface area contributed by atoms with Gasteiger partial charge in [0.1, 0.15) is 0 Å². The molecule has 0 rings (SSSR count). The van der Waals surface area contributed by atoms with Crippen LogP contribution in [0.1, 0.15) is 19.8 Å². The Morgan fingerprint density at radius 1 is 1.53 bits per heavy atom. The molecule has 0 saturated heterocycles. The van der Waals surface area contributed by atoms with Gasteiger partial charge in [0.2, 0.25) is 5.91 Å². The zero-order chi connectivity index (χ0) is 13.5. The predicted octanol–water partition coefficient (Wildman–Crippen LogP) is -0.591. The molecule has 0 spiro atoms. The number of hydrogen-bond acceptors (Lipinski definition) is 5. The standard InChI is InChI=1S/C10H20N2O4S/c1-10(16,5-8(13)14)6-12-9(15)7(11)3-4-17-2/h7,16H,3-6,11H2,1-2H3,(H,12,15)(H,13,14)/t7-,10?/m1/s1. The lowest BCUT2D eigenvalue weighted by atomic mass is 10.0. The van der Waals surface area contributed by atoms with E-state index >= 15 is 0 Å². The van der Waals surface area contributed by atoms with Crippen LogP contribution >= 0.6 is 11.8 Å². The summed E-state index contributed by atoms with van der Waals surface area (Å²) in [6.45, 7) is 1.24. The van der Waals surface area contributed by atoms with E-state index < -0.39 is 24.0 Å². The van der Waals surface area contributed by atoms with Gasteiger partial charge in [0.25, 0.3) is 0 Å². The first-order valence-electron chi connectivity index (χ1n) is 5.25. The number of carboxylic acid groups (broad SMARTS) is 1. The minimum atomic E-state index is -1.46. The van der Waals surface area contributed by atoms with Crippen molar-refractivity contribution in [2.45, 2.75) is 31.4 Å². The minimum absolute atomic E-state index is 0.120. The molecule has 100 valence electrons. The van der Waals surface area contributed by atoms with Crippen molar-refractivity contribution in [2.24, 2.45) is 5.73 Å². The zero-order valence-corrected chi connectivity index (χ0v) is 10.9. The second-order valence-electron chi connectivity index (χ2n) is 4.17. The van der Waals surface area contributed by atoms with Crippen LogP contribution in [-0.2, 0) is 9.59 Å². The molecule has 0 fully saturated rings. The number of thioether (sulfide) groups is 1. The molecule has 6 nitrogen and oxygen atoms in total. The van der Waals surface area contributed by atoms with Gasteiger partial charge in [-0.25, -0.2) is 0 Å². The van der Waals surface area contributed by atoms with Crippen LogP contribution in [0.4, 0.5) is 0 Å². The topological polar surface area (TPSA) is 113 Å². The van der Waals surface area contributed by atoms with Gasteiger partial charge < -0.3 is 21.3 Å². The van der Waals surface area contributed by atoms with Gasteiger partial charge in [-0.2, -0.15) is 11.8 Å². The van der Waals surface area contributed by atoms with E-state index in [0.717, 1.165) is 5.75 Å².